The summed E-state index contributed by atoms with van der Waals surface area (Å²) in [7, 11) is 0. The largest absolute Gasteiger partial charge is 0.481 e. The second-order valence-corrected chi connectivity index (χ2v) is 6.80. The number of carboxylic acid groups (broad SMARTS) is 1. The Balaban J connectivity index is 2.18. The van der Waals surface area contributed by atoms with E-state index in [0.29, 0.717) is 17.0 Å². The molecule has 0 aliphatic heterocycles. The molecular weight excluding hydrogens is 330 g/mol. The van der Waals surface area contributed by atoms with Crippen molar-refractivity contribution in [3.8, 4) is 0 Å². The molecule has 1 heterocycles. The van der Waals surface area contributed by atoms with Crippen LogP contribution >= 0.6 is 11.6 Å². The van der Waals surface area contributed by atoms with E-state index in [1.165, 1.54) is 6.26 Å². The molecule has 128 valence electrons. The van der Waals surface area contributed by atoms with Crippen LogP contribution in [0.25, 0.3) is 0 Å². The number of benzene rings is 1. The SMILES string of the molecule is Cc1coc(CC(=O)O)c1C(=O)NC(C)(C)Cc1ccccc1Cl. The highest BCUT2D eigenvalue weighted by Crippen LogP contribution is 2.23. The van der Waals surface area contributed by atoms with Crippen molar-refractivity contribution in [1.82, 2.24) is 5.32 Å². The van der Waals surface area contributed by atoms with Gasteiger partial charge in [0.05, 0.1) is 11.8 Å². The first-order valence-electron chi connectivity index (χ1n) is 7.54. The minimum atomic E-state index is -1.05. The summed E-state index contributed by atoms with van der Waals surface area (Å²) in [5.41, 5.74) is 1.26. The number of rotatable bonds is 6. The Bertz CT molecular complexity index is 764. The lowest BCUT2D eigenvalue weighted by molar-refractivity contribution is -0.136. The van der Waals surface area contributed by atoms with Crippen LogP contribution < -0.4 is 5.32 Å². The van der Waals surface area contributed by atoms with Crippen molar-refractivity contribution in [1.29, 1.82) is 0 Å². The van der Waals surface area contributed by atoms with Gasteiger partial charge in [-0.05, 0) is 38.8 Å². The van der Waals surface area contributed by atoms with Crippen LogP contribution in [0.3, 0.4) is 0 Å². The molecule has 0 aliphatic rings. The van der Waals surface area contributed by atoms with Crippen LogP contribution in [0.1, 0.15) is 41.1 Å². The maximum atomic E-state index is 12.6. The summed E-state index contributed by atoms with van der Waals surface area (Å²) >= 11 is 6.18. The lowest BCUT2D eigenvalue weighted by atomic mass is 9.94. The van der Waals surface area contributed by atoms with Crippen LogP contribution in [-0.4, -0.2) is 22.5 Å². The zero-order chi connectivity index (χ0) is 17.9. The number of carbonyl (C=O) groups excluding carboxylic acids is 1. The number of nitrogens with one attached hydrogen (secondary N) is 1. The predicted octanol–water partition coefficient (Wildman–Crippen LogP) is 3.62. The van der Waals surface area contributed by atoms with Gasteiger partial charge in [-0.3, -0.25) is 9.59 Å². The Hall–Kier alpha value is -2.27. The Morgan fingerprint density at radius 1 is 1.29 bits per heavy atom. The molecule has 24 heavy (non-hydrogen) atoms. The van der Waals surface area contributed by atoms with E-state index in [2.05, 4.69) is 5.32 Å². The maximum absolute atomic E-state index is 12.6. The molecule has 0 saturated heterocycles. The fourth-order valence-electron chi connectivity index (χ4n) is 2.60. The molecule has 2 aromatic rings. The topological polar surface area (TPSA) is 79.5 Å². The minimum absolute atomic E-state index is 0.158. The van der Waals surface area contributed by atoms with Gasteiger partial charge in [0.2, 0.25) is 0 Å². The van der Waals surface area contributed by atoms with Gasteiger partial charge in [0, 0.05) is 16.1 Å². The highest BCUT2D eigenvalue weighted by Gasteiger charge is 2.27. The molecular formula is C18H20ClNO4. The standard InChI is InChI=1S/C18H20ClNO4/c1-11-10-24-14(8-15(21)22)16(11)17(23)20-18(2,3)9-12-6-4-5-7-13(12)19/h4-7,10H,8-9H2,1-3H3,(H,20,23)(H,21,22). The summed E-state index contributed by atoms with van der Waals surface area (Å²) < 4.78 is 5.22. The van der Waals surface area contributed by atoms with Gasteiger partial charge in [0.25, 0.3) is 5.91 Å². The molecule has 0 spiro atoms. The van der Waals surface area contributed by atoms with Crippen LogP contribution in [0, 0.1) is 6.92 Å². The van der Waals surface area contributed by atoms with E-state index in [4.69, 9.17) is 21.1 Å². The Morgan fingerprint density at radius 3 is 2.58 bits per heavy atom. The number of halogens is 1. The molecule has 1 aromatic heterocycles. The number of aliphatic carboxylic acids is 1. The van der Waals surface area contributed by atoms with Gasteiger partial charge in [-0.2, -0.15) is 0 Å². The molecule has 5 nitrogen and oxygen atoms in total. The highest BCUT2D eigenvalue weighted by atomic mass is 35.5. The molecule has 0 radical (unpaired) electrons. The smallest absolute Gasteiger partial charge is 0.311 e. The van der Waals surface area contributed by atoms with Gasteiger partial charge in [-0.15, -0.1) is 0 Å². The fourth-order valence-corrected chi connectivity index (χ4v) is 2.80. The van der Waals surface area contributed by atoms with Gasteiger partial charge >= 0.3 is 5.97 Å². The van der Waals surface area contributed by atoms with Crippen LogP contribution in [-0.2, 0) is 17.6 Å². The highest BCUT2D eigenvalue weighted by molar-refractivity contribution is 6.31. The molecule has 2 N–H and O–H groups in total. The Kier molecular flexibility index (Phi) is 5.34. The van der Waals surface area contributed by atoms with Gasteiger partial charge in [-0.1, -0.05) is 29.8 Å². The van der Waals surface area contributed by atoms with Gasteiger partial charge in [0.1, 0.15) is 12.2 Å². The number of amides is 1. The van der Waals surface area contributed by atoms with E-state index in [1.807, 2.05) is 32.0 Å². The second kappa shape index (κ2) is 7.09. The molecule has 1 aromatic carbocycles. The van der Waals surface area contributed by atoms with E-state index in [-0.39, 0.29) is 23.7 Å². The number of hydrogen-bond donors (Lipinski definition) is 2. The average molecular weight is 350 g/mol. The zero-order valence-corrected chi connectivity index (χ0v) is 14.6. The molecule has 0 bridgehead atoms. The summed E-state index contributed by atoms with van der Waals surface area (Å²) in [5, 5.41) is 12.5. The number of hydrogen-bond acceptors (Lipinski definition) is 3. The molecule has 6 heteroatoms. The molecule has 0 saturated carbocycles. The van der Waals surface area contributed by atoms with E-state index in [9.17, 15) is 9.59 Å². The summed E-state index contributed by atoms with van der Waals surface area (Å²) in [6.45, 7) is 5.49. The summed E-state index contributed by atoms with van der Waals surface area (Å²) in [5.74, 6) is -1.24. The molecule has 0 unspecified atom stereocenters. The first-order valence-corrected chi connectivity index (χ1v) is 7.92. The second-order valence-electron chi connectivity index (χ2n) is 6.39. The van der Waals surface area contributed by atoms with E-state index in [1.54, 1.807) is 13.0 Å². The van der Waals surface area contributed by atoms with Gasteiger partial charge in [0.15, 0.2) is 0 Å². The minimum Gasteiger partial charge on any atom is -0.481 e. The molecule has 0 aliphatic carbocycles. The lowest BCUT2D eigenvalue weighted by Crippen LogP contribution is -2.45. The van der Waals surface area contributed by atoms with Gasteiger partial charge < -0.3 is 14.8 Å². The molecule has 0 fully saturated rings. The Labute approximate surface area is 145 Å². The van der Waals surface area contributed by atoms with E-state index < -0.39 is 11.5 Å². The van der Waals surface area contributed by atoms with Crippen molar-refractivity contribution in [2.45, 2.75) is 39.2 Å². The third-order valence-corrected chi connectivity index (χ3v) is 4.00. The number of furan rings is 1. The van der Waals surface area contributed by atoms with Crippen molar-refractivity contribution in [2.24, 2.45) is 0 Å². The summed E-state index contributed by atoms with van der Waals surface area (Å²) in [4.78, 5) is 23.5. The Morgan fingerprint density at radius 2 is 1.96 bits per heavy atom. The third-order valence-electron chi connectivity index (χ3n) is 3.63. The quantitative estimate of drug-likeness (QED) is 0.834. The predicted molar refractivity (Wildman–Crippen MR) is 91.5 cm³/mol. The van der Waals surface area contributed by atoms with Crippen molar-refractivity contribution in [3.63, 3.8) is 0 Å². The molecule has 0 atom stereocenters. The van der Waals surface area contributed by atoms with Crippen molar-refractivity contribution in [2.75, 3.05) is 0 Å². The van der Waals surface area contributed by atoms with Crippen LogP contribution in [0.4, 0.5) is 0 Å². The van der Waals surface area contributed by atoms with E-state index in [0.717, 1.165) is 5.56 Å². The number of aryl methyl sites for hydroxylation is 1. The van der Waals surface area contributed by atoms with Crippen molar-refractivity contribution >= 4 is 23.5 Å². The van der Waals surface area contributed by atoms with Gasteiger partial charge in [-0.25, -0.2) is 0 Å². The first-order chi connectivity index (χ1) is 11.2. The monoisotopic (exact) mass is 349 g/mol. The van der Waals surface area contributed by atoms with E-state index >= 15 is 0 Å². The molecule has 1 amide bonds. The van der Waals surface area contributed by atoms with Crippen LogP contribution in [0.2, 0.25) is 5.02 Å². The zero-order valence-electron chi connectivity index (χ0n) is 13.9. The third kappa shape index (κ3) is 4.38. The average Bonchev–Trinajstić information content (AvgIpc) is 2.80. The fraction of sp³-hybridized carbons (Fsp3) is 0.333. The molecule has 2 rings (SSSR count). The number of carbonyl (C=O) groups is 2. The lowest BCUT2D eigenvalue weighted by Gasteiger charge is -2.27. The van der Waals surface area contributed by atoms with Crippen LogP contribution in [0.15, 0.2) is 34.9 Å². The summed E-state index contributed by atoms with van der Waals surface area (Å²) in [6, 6.07) is 7.46. The first kappa shape index (κ1) is 18.1. The van der Waals surface area contributed by atoms with Crippen LogP contribution in [0.5, 0.6) is 0 Å². The summed E-state index contributed by atoms with van der Waals surface area (Å²) in [6.07, 6.45) is 1.61. The maximum Gasteiger partial charge on any atom is 0.311 e. The van der Waals surface area contributed by atoms with Crippen molar-refractivity contribution < 1.29 is 19.1 Å². The normalized spacial score (nSPS) is 11.3. The van der Waals surface area contributed by atoms with Crippen molar-refractivity contribution in [3.05, 3.63) is 58.0 Å². The number of carboxylic acids is 1.